The SMILES string of the molecule is Cc1nc(-c2ccc(CNC(=O)CN3C(=O)CNC3=O)cc2)no1. The van der Waals surface area contributed by atoms with Crippen LogP contribution in [0, 0.1) is 6.92 Å². The summed E-state index contributed by atoms with van der Waals surface area (Å²) in [4.78, 5) is 39.6. The molecule has 9 heteroatoms. The lowest BCUT2D eigenvalue weighted by molar-refractivity contribution is -0.130. The highest BCUT2D eigenvalue weighted by atomic mass is 16.5. The predicted molar refractivity (Wildman–Crippen MR) is 81.4 cm³/mol. The Labute approximate surface area is 137 Å². The number of carbonyl (C=O) groups is 3. The Morgan fingerprint density at radius 1 is 1.33 bits per heavy atom. The molecule has 1 aliphatic heterocycles. The van der Waals surface area contributed by atoms with Crippen LogP contribution in [0.25, 0.3) is 11.4 Å². The molecule has 0 unspecified atom stereocenters. The molecule has 1 aromatic carbocycles. The van der Waals surface area contributed by atoms with E-state index in [1.54, 1.807) is 6.92 Å². The quantitative estimate of drug-likeness (QED) is 0.757. The first-order valence-corrected chi connectivity index (χ1v) is 7.27. The van der Waals surface area contributed by atoms with E-state index in [-0.39, 0.29) is 19.6 Å². The van der Waals surface area contributed by atoms with Crippen molar-refractivity contribution in [3.8, 4) is 11.4 Å². The highest BCUT2D eigenvalue weighted by Crippen LogP contribution is 2.16. The summed E-state index contributed by atoms with van der Waals surface area (Å²) in [5.74, 6) is 0.177. The van der Waals surface area contributed by atoms with Crippen LogP contribution >= 0.6 is 0 Å². The lowest BCUT2D eigenvalue weighted by atomic mass is 10.1. The summed E-state index contributed by atoms with van der Waals surface area (Å²) in [5.41, 5.74) is 1.67. The maximum atomic E-state index is 11.8. The first-order chi connectivity index (χ1) is 11.5. The first-order valence-electron chi connectivity index (χ1n) is 7.27. The topological polar surface area (TPSA) is 117 Å². The standard InChI is InChI=1S/C15H15N5O4/c1-9-18-14(19-24-9)11-4-2-10(3-5-11)6-16-12(21)8-20-13(22)7-17-15(20)23/h2-5H,6-8H2,1H3,(H,16,21)(H,17,23). The van der Waals surface area contributed by atoms with Crippen molar-refractivity contribution in [2.45, 2.75) is 13.5 Å². The molecule has 4 amide bonds. The number of benzene rings is 1. The number of nitrogens with zero attached hydrogens (tertiary/aromatic N) is 3. The normalized spacial score (nSPS) is 14.0. The van der Waals surface area contributed by atoms with E-state index in [0.717, 1.165) is 16.0 Å². The van der Waals surface area contributed by atoms with Gasteiger partial charge in [-0.25, -0.2) is 4.79 Å². The molecule has 2 heterocycles. The summed E-state index contributed by atoms with van der Waals surface area (Å²) in [6, 6.07) is 6.76. The number of nitrogens with one attached hydrogen (secondary N) is 2. The van der Waals surface area contributed by atoms with E-state index < -0.39 is 17.8 Å². The molecule has 1 fully saturated rings. The third-order valence-corrected chi connectivity index (χ3v) is 3.47. The highest BCUT2D eigenvalue weighted by Gasteiger charge is 2.29. The molecule has 24 heavy (non-hydrogen) atoms. The van der Waals surface area contributed by atoms with Gasteiger partial charge in [0.2, 0.25) is 17.6 Å². The second-order valence-electron chi connectivity index (χ2n) is 5.25. The van der Waals surface area contributed by atoms with Crippen molar-refractivity contribution < 1.29 is 18.9 Å². The van der Waals surface area contributed by atoms with E-state index in [1.165, 1.54) is 0 Å². The number of hydrogen-bond acceptors (Lipinski definition) is 6. The number of aryl methyl sites for hydroxylation is 1. The second-order valence-corrected chi connectivity index (χ2v) is 5.25. The fourth-order valence-corrected chi connectivity index (χ4v) is 2.20. The van der Waals surface area contributed by atoms with Gasteiger partial charge in [-0.15, -0.1) is 0 Å². The maximum Gasteiger partial charge on any atom is 0.325 e. The summed E-state index contributed by atoms with van der Waals surface area (Å²) in [5, 5.41) is 8.86. The van der Waals surface area contributed by atoms with Crippen molar-refractivity contribution in [1.82, 2.24) is 25.7 Å². The molecule has 0 atom stereocenters. The van der Waals surface area contributed by atoms with Gasteiger partial charge in [0.15, 0.2) is 0 Å². The summed E-state index contributed by atoms with van der Waals surface area (Å²) >= 11 is 0. The van der Waals surface area contributed by atoms with Gasteiger partial charge in [0.1, 0.15) is 6.54 Å². The Bertz CT molecular complexity index is 767. The van der Waals surface area contributed by atoms with Crippen LogP contribution in [0.3, 0.4) is 0 Å². The van der Waals surface area contributed by atoms with Crippen LogP contribution in [0.1, 0.15) is 11.5 Å². The summed E-state index contributed by atoms with van der Waals surface area (Å²) in [7, 11) is 0. The van der Waals surface area contributed by atoms with Gasteiger partial charge in [0, 0.05) is 19.0 Å². The van der Waals surface area contributed by atoms with Gasteiger partial charge in [-0.3, -0.25) is 14.5 Å². The minimum atomic E-state index is -0.546. The zero-order valence-corrected chi connectivity index (χ0v) is 12.9. The molecular weight excluding hydrogens is 314 g/mol. The minimum Gasteiger partial charge on any atom is -0.350 e. The largest absolute Gasteiger partial charge is 0.350 e. The summed E-state index contributed by atoms with van der Waals surface area (Å²) < 4.78 is 4.93. The lowest BCUT2D eigenvalue weighted by Gasteiger charge is -2.12. The van der Waals surface area contributed by atoms with Crippen molar-refractivity contribution in [3.63, 3.8) is 0 Å². The van der Waals surface area contributed by atoms with Crippen molar-refractivity contribution in [1.29, 1.82) is 0 Å². The molecule has 2 aromatic rings. The molecule has 0 radical (unpaired) electrons. The van der Waals surface area contributed by atoms with Gasteiger partial charge in [0.05, 0.1) is 6.54 Å². The van der Waals surface area contributed by atoms with Crippen LogP contribution in [0.2, 0.25) is 0 Å². The molecule has 0 saturated carbocycles. The third kappa shape index (κ3) is 3.40. The molecule has 3 rings (SSSR count). The van der Waals surface area contributed by atoms with Gasteiger partial charge >= 0.3 is 6.03 Å². The number of carbonyl (C=O) groups excluding carboxylic acids is 3. The molecular formula is C15H15N5O4. The number of urea groups is 1. The van der Waals surface area contributed by atoms with Crippen molar-refractivity contribution >= 4 is 17.8 Å². The van der Waals surface area contributed by atoms with Crippen molar-refractivity contribution in [2.24, 2.45) is 0 Å². The molecule has 1 aliphatic rings. The zero-order valence-electron chi connectivity index (χ0n) is 12.9. The Hall–Kier alpha value is -3.23. The molecule has 9 nitrogen and oxygen atoms in total. The van der Waals surface area contributed by atoms with Crippen molar-refractivity contribution in [3.05, 3.63) is 35.7 Å². The van der Waals surface area contributed by atoms with Gasteiger partial charge < -0.3 is 15.2 Å². The number of hydrogen-bond donors (Lipinski definition) is 2. The van der Waals surface area contributed by atoms with E-state index in [4.69, 9.17) is 4.52 Å². The van der Waals surface area contributed by atoms with Crippen LogP contribution in [0.15, 0.2) is 28.8 Å². The number of rotatable bonds is 5. The molecule has 124 valence electrons. The second kappa shape index (κ2) is 6.49. The average Bonchev–Trinajstić information content (AvgIpc) is 3.14. The Morgan fingerprint density at radius 3 is 2.67 bits per heavy atom. The molecule has 0 aliphatic carbocycles. The number of aromatic nitrogens is 2. The lowest BCUT2D eigenvalue weighted by Crippen LogP contribution is -2.40. The van der Waals surface area contributed by atoms with E-state index in [9.17, 15) is 14.4 Å². The molecule has 2 N–H and O–H groups in total. The van der Waals surface area contributed by atoms with E-state index in [1.807, 2.05) is 24.3 Å². The fraction of sp³-hybridized carbons (Fsp3) is 0.267. The predicted octanol–water partition coefficient (Wildman–Crippen LogP) is 0.213. The smallest absolute Gasteiger partial charge is 0.325 e. The van der Waals surface area contributed by atoms with Gasteiger partial charge in [-0.05, 0) is 5.56 Å². The number of amides is 4. The van der Waals surface area contributed by atoms with Crippen LogP contribution < -0.4 is 10.6 Å². The van der Waals surface area contributed by atoms with Gasteiger partial charge in [-0.2, -0.15) is 4.98 Å². The van der Waals surface area contributed by atoms with Crippen LogP contribution in [-0.2, 0) is 16.1 Å². The zero-order chi connectivity index (χ0) is 17.1. The van der Waals surface area contributed by atoms with Crippen molar-refractivity contribution in [2.75, 3.05) is 13.1 Å². The maximum absolute atomic E-state index is 11.8. The Morgan fingerprint density at radius 2 is 2.08 bits per heavy atom. The first kappa shape index (κ1) is 15.7. The van der Waals surface area contributed by atoms with Crippen LogP contribution in [0.5, 0.6) is 0 Å². The van der Waals surface area contributed by atoms with E-state index >= 15 is 0 Å². The molecule has 0 spiro atoms. The average molecular weight is 329 g/mol. The fourth-order valence-electron chi connectivity index (χ4n) is 2.20. The van der Waals surface area contributed by atoms with Crippen LogP contribution in [0.4, 0.5) is 4.79 Å². The monoisotopic (exact) mass is 329 g/mol. The van der Waals surface area contributed by atoms with Gasteiger partial charge in [-0.1, -0.05) is 29.4 Å². The van der Waals surface area contributed by atoms with Gasteiger partial charge in [0.25, 0.3) is 5.91 Å². The van der Waals surface area contributed by atoms with E-state index in [0.29, 0.717) is 11.7 Å². The Kier molecular flexibility index (Phi) is 4.23. The minimum absolute atomic E-state index is 0.0663. The van der Waals surface area contributed by atoms with E-state index in [2.05, 4.69) is 20.8 Å². The molecule has 0 bridgehead atoms. The molecule has 1 saturated heterocycles. The third-order valence-electron chi connectivity index (χ3n) is 3.47. The number of imide groups is 1. The Balaban J connectivity index is 1.54. The molecule has 1 aromatic heterocycles. The summed E-state index contributed by atoms with van der Waals surface area (Å²) in [6.07, 6.45) is 0. The summed E-state index contributed by atoms with van der Waals surface area (Å²) in [6.45, 7) is 1.65. The van der Waals surface area contributed by atoms with Crippen LogP contribution in [-0.4, -0.2) is 46.0 Å². The highest BCUT2D eigenvalue weighted by molar-refractivity contribution is 6.04.